The predicted molar refractivity (Wildman–Crippen MR) is 92.3 cm³/mol. The van der Waals surface area contributed by atoms with Crippen molar-refractivity contribution in [2.45, 2.75) is 19.5 Å². The van der Waals surface area contributed by atoms with Crippen LogP contribution < -0.4 is 20.1 Å². The van der Waals surface area contributed by atoms with Crippen LogP contribution in [0.4, 0.5) is 0 Å². The van der Waals surface area contributed by atoms with Crippen LogP contribution >= 0.6 is 0 Å². The molecule has 0 saturated carbocycles. The molecule has 0 atom stereocenters. The number of hydrogen-bond acceptors (Lipinski definition) is 4. The average Bonchev–Trinajstić information content (AvgIpc) is 2.87. The molecule has 0 radical (unpaired) electrons. The van der Waals surface area contributed by atoms with Crippen LogP contribution in [0, 0.1) is 0 Å². The van der Waals surface area contributed by atoms with Crippen LogP contribution in [0.5, 0.6) is 11.5 Å². The summed E-state index contributed by atoms with van der Waals surface area (Å²) in [5.74, 6) is 2.36. The molecule has 24 heavy (non-hydrogen) atoms. The summed E-state index contributed by atoms with van der Waals surface area (Å²) in [7, 11) is 3.68. The molecule has 7 nitrogen and oxygen atoms in total. The fourth-order valence-electron chi connectivity index (χ4n) is 2.47. The minimum Gasteiger partial charge on any atom is -0.490 e. The monoisotopic (exact) mass is 329 g/mol. The third-order valence-electron chi connectivity index (χ3n) is 3.85. The Bertz CT molecular complexity index is 711. The lowest BCUT2D eigenvalue weighted by atomic mass is 10.2. The highest BCUT2D eigenvalue weighted by Crippen LogP contribution is 2.30. The van der Waals surface area contributed by atoms with E-state index in [4.69, 9.17) is 9.47 Å². The first kappa shape index (κ1) is 16.2. The highest BCUT2D eigenvalue weighted by atomic mass is 16.5. The number of guanidine groups is 1. The molecule has 2 aromatic rings. The predicted octanol–water partition coefficient (Wildman–Crippen LogP) is 1.45. The largest absolute Gasteiger partial charge is 0.490 e. The number of benzene rings is 1. The van der Waals surface area contributed by atoms with Crippen LogP contribution in [0.25, 0.3) is 0 Å². The number of aliphatic imine (C=N–C) groups is 1. The van der Waals surface area contributed by atoms with Gasteiger partial charge in [0.15, 0.2) is 17.5 Å². The van der Waals surface area contributed by atoms with E-state index in [0.29, 0.717) is 26.3 Å². The molecule has 0 bridgehead atoms. The zero-order valence-electron chi connectivity index (χ0n) is 14.1. The van der Waals surface area contributed by atoms with Gasteiger partial charge in [-0.25, -0.2) is 0 Å². The van der Waals surface area contributed by atoms with E-state index in [0.717, 1.165) is 35.1 Å². The molecule has 1 aliphatic rings. The maximum absolute atomic E-state index is 5.72. The molecular weight excluding hydrogens is 306 g/mol. The van der Waals surface area contributed by atoms with Crippen LogP contribution in [0.2, 0.25) is 0 Å². The van der Waals surface area contributed by atoms with Crippen molar-refractivity contribution in [1.29, 1.82) is 0 Å². The fourth-order valence-corrected chi connectivity index (χ4v) is 2.47. The second-order valence-corrected chi connectivity index (χ2v) is 5.56. The molecule has 0 saturated heterocycles. The number of hydrogen-bond donors (Lipinski definition) is 2. The normalized spacial score (nSPS) is 14.2. The van der Waals surface area contributed by atoms with Gasteiger partial charge in [0.2, 0.25) is 0 Å². The number of aromatic nitrogens is 2. The zero-order valence-corrected chi connectivity index (χ0v) is 14.1. The van der Waals surface area contributed by atoms with Gasteiger partial charge in [-0.05, 0) is 23.8 Å². The van der Waals surface area contributed by atoms with Crippen molar-refractivity contribution in [3.8, 4) is 11.5 Å². The Balaban J connectivity index is 1.56. The van der Waals surface area contributed by atoms with Crippen molar-refractivity contribution in [3.63, 3.8) is 0 Å². The molecule has 0 amide bonds. The lowest BCUT2D eigenvalue weighted by Crippen LogP contribution is -2.36. The molecule has 1 aliphatic heterocycles. The summed E-state index contributed by atoms with van der Waals surface area (Å²) in [6.07, 6.45) is 2.69. The van der Waals surface area contributed by atoms with E-state index in [1.54, 1.807) is 13.2 Å². The Labute approximate surface area is 141 Å². The lowest BCUT2D eigenvalue weighted by Gasteiger charge is -2.13. The third-order valence-corrected chi connectivity index (χ3v) is 3.85. The number of fused-ring (bicyclic) bond motifs is 1. The van der Waals surface area contributed by atoms with Gasteiger partial charge >= 0.3 is 0 Å². The van der Waals surface area contributed by atoms with E-state index < -0.39 is 0 Å². The highest BCUT2D eigenvalue weighted by Gasteiger charge is 2.10. The summed E-state index contributed by atoms with van der Waals surface area (Å²) in [4.78, 5) is 4.24. The topological polar surface area (TPSA) is 72.7 Å². The molecule has 7 heteroatoms. The molecule has 1 aromatic heterocycles. The Hall–Kier alpha value is -2.70. The Kier molecular flexibility index (Phi) is 5.20. The van der Waals surface area contributed by atoms with E-state index in [1.807, 2.05) is 36.0 Å². The molecule has 0 aliphatic carbocycles. The molecule has 2 heterocycles. The van der Waals surface area contributed by atoms with E-state index in [2.05, 4.69) is 20.7 Å². The van der Waals surface area contributed by atoms with E-state index in [9.17, 15) is 0 Å². The maximum Gasteiger partial charge on any atom is 0.191 e. The second kappa shape index (κ2) is 7.72. The van der Waals surface area contributed by atoms with Crippen LogP contribution in [-0.2, 0) is 20.1 Å². The summed E-state index contributed by atoms with van der Waals surface area (Å²) in [6.45, 7) is 2.71. The Morgan fingerprint density at radius 1 is 1.17 bits per heavy atom. The standard InChI is InChI=1S/C17H23N5O2/c1-18-17(20-12-14-6-7-21-22(14)2)19-11-13-4-5-15-16(10-13)24-9-3-8-23-15/h4-7,10H,3,8-9,11-12H2,1-2H3,(H2,18,19,20). The molecule has 0 unspecified atom stereocenters. The first-order valence-corrected chi connectivity index (χ1v) is 8.06. The summed E-state index contributed by atoms with van der Waals surface area (Å²) >= 11 is 0. The van der Waals surface area contributed by atoms with Crippen molar-refractivity contribution < 1.29 is 9.47 Å². The molecule has 3 rings (SSSR count). The number of rotatable bonds is 4. The first-order valence-electron chi connectivity index (χ1n) is 8.06. The van der Waals surface area contributed by atoms with E-state index in [-0.39, 0.29) is 0 Å². The molecular formula is C17H23N5O2. The van der Waals surface area contributed by atoms with Gasteiger partial charge in [-0.15, -0.1) is 0 Å². The zero-order chi connectivity index (χ0) is 16.8. The van der Waals surface area contributed by atoms with Gasteiger partial charge in [0.05, 0.1) is 25.5 Å². The molecule has 2 N–H and O–H groups in total. The number of aryl methyl sites for hydroxylation is 1. The second-order valence-electron chi connectivity index (χ2n) is 5.56. The van der Waals surface area contributed by atoms with E-state index in [1.165, 1.54) is 0 Å². The number of nitrogens with one attached hydrogen (secondary N) is 2. The number of ether oxygens (including phenoxy) is 2. The van der Waals surface area contributed by atoms with Crippen molar-refractivity contribution >= 4 is 5.96 Å². The summed E-state index contributed by atoms with van der Waals surface area (Å²) in [6, 6.07) is 7.99. The van der Waals surface area contributed by atoms with Crippen LogP contribution in [-0.4, -0.2) is 36.0 Å². The van der Waals surface area contributed by atoms with Crippen molar-refractivity contribution in [2.24, 2.45) is 12.0 Å². The highest BCUT2D eigenvalue weighted by molar-refractivity contribution is 5.79. The summed E-state index contributed by atoms with van der Waals surface area (Å²) < 4.78 is 13.2. The van der Waals surface area contributed by atoms with Gasteiger partial charge < -0.3 is 20.1 Å². The quantitative estimate of drug-likeness (QED) is 0.656. The fraction of sp³-hybridized carbons (Fsp3) is 0.412. The molecule has 1 aromatic carbocycles. The molecule has 0 spiro atoms. The lowest BCUT2D eigenvalue weighted by molar-refractivity contribution is 0.297. The summed E-state index contributed by atoms with van der Waals surface area (Å²) in [5, 5.41) is 10.7. The van der Waals surface area contributed by atoms with Crippen LogP contribution in [0.15, 0.2) is 35.5 Å². The smallest absolute Gasteiger partial charge is 0.191 e. The van der Waals surface area contributed by atoms with Crippen molar-refractivity contribution in [3.05, 3.63) is 41.7 Å². The maximum atomic E-state index is 5.72. The average molecular weight is 329 g/mol. The Morgan fingerprint density at radius 2 is 1.96 bits per heavy atom. The van der Waals surface area contributed by atoms with Gasteiger partial charge in [0, 0.05) is 33.3 Å². The molecule has 0 fully saturated rings. The van der Waals surface area contributed by atoms with Crippen LogP contribution in [0.3, 0.4) is 0 Å². The minimum absolute atomic E-state index is 0.654. The number of nitrogens with zero attached hydrogens (tertiary/aromatic N) is 3. The van der Waals surface area contributed by atoms with Gasteiger partial charge in [-0.3, -0.25) is 9.67 Å². The van der Waals surface area contributed by atoms with Crippen molar-refractivity contribution in [2.75, 3.05) is 20.3 Å². The Morgan fingerprint density at radius 3 is 2.71 bits per heavy atom. The van der Waals surface area contributed by atoms with E-state index >= 15 is 0 Å². The molecule has 128 valence electrons. The van der Waals surface area contributed by atoms with Crippen molar-refractivity contribution in [1.82, 2.24) is 20.4 Å². The van der Waals surface area contributed by atoms with Gasteiger partial charge in [-0.1, -0.05) is 6.07 Å². The first-order chi connectivity index (χ1) is 11.8. The third kappa shape index (κ3) is 3.98. The van der Waals surface area contributed by atoms with Gasteiger partial charge in [0.1, 0.15) is 0 Å². The van der Waals surface area contributed by atoms with Crippen LogP contribution in [0.1, 0.15) is 17.7 Å². The van der Waals surface area contributed by atoms with Gasteiger partial charge in [0.25, 0.3) is 0 Å². The summed E-state index contributed by atoms with van der Waals surface area (Å²) in [5.41, 5.74) is 2.20. The SMILES string of the molecule is CN=C(NCc1ccc2c(c1)OCCCO2)NCc1ccnn1C. The minimum atomic E-state index is 0.654. The van der Waals surface area contributed by atoms with Gasteiger partial charge in [-0.2, -0.15) is 5.10 Å².